The third-order valence-electron chi connectivity index (χ3n) is 6.18. The second-order valence-electron chi connectivity index (χ2n) is 8.48. The number of hydrogen-bond donors (Lipinski definition) is 0. The Hall–Kier alpha value is -2.15. The zero-order valence-electron chi connectivity index (χ0n) is 17.4. The maximum atomic E-state index is 13.3. The Kier molecular flexibility index (Phi) is 5.53. The molecular weight excluding hydrogens is 352 g/mol. The molecule has 7 nitrogen and oxygen atoms in total. The SMILES string of the molecule is CN(C)CCn1ccnc1[C@H]1CCCN(C(=O)c2nn(C)c3c2CCCC3)C1. The van der Waals surface area contributed by atoms with E-state index in [1.54, 1.807) is 0 Å². The van der Waals surface area contributed by atoms with Crippen molar-refractivity contribution >= 4 is 5.91 Å². The zero-order chi connectivity index (χ0) is 19.7. The molecule has 0 radical (unpaired) electrons. The Morgan fingerprint density at radius 3 is 2.89 bits per heavy atom. The predicted octanol–water partition coefficient (Wildman–Crippen LogP) is 2.08. The van der Waals surface area contributed by atoms with E-state index in [0.29, 0.717) is 11.6 Å². The molecule has 1 atom stereocenters. The summed E-state index contributed by atoms with van der Waals surface area (Å²) in [6.45, 7) is 3.47. The summed E-state index contributed by atoms with van der Waals surface area (Å²) in [5.74, 6) is 1.52. The van der Waals surface area contributed by atoms with Gasteiger partial charge in [-0.25, -0.2) is 4.98 Å². The minimum atomic E-state index is 0.106. The third-order valence-corrected chi connectivity index (χ3v) is 6.18. The van der Waals surface area contributed by atoms with Gasteiger partial charge in [0.2, 0.25) is 0 Å². The van der Waals surface area contributed by atoms with Crippen LogP contribution in [0.15, 0.2) is 12.4 Å². The van der Waals surface area contributed by atoms with Crippen LogP contribution in [0.25, 0.3) is 0 Å². The number of likely N-dealkylation sites (tertiary alicyclic amines) is 1. The van der Waals surface area contributed by atoms with Crippen LogP contribution in [0.1, 0.15) is 59.2 Å². The first-order chi connectivity index (χ1) is 13.5. The van der Waals surface area contributed by atoms with E-state index in [4.69, 9.17) is 0 Å². The molecule has 2 aromatic rings. The van der Waals surface area contributed by atoms with E-state index < -0.39 is 0 Å². The molecule has 152 valence electrons. The molecule has 0 saturated carbocycles. The number of fused-ring (bicyclic) bond motifs is 1. The number of aryl methyl sites for hydroxylation is 1. The minimum absolute atomic E-state index is 0.106. The number of aromatic nitrogens is 4. The fourth-order valence-corrected chi connectivity index (χ4v) is 4.64. The van der Waals surface area contributed by atoms with Gasteiger partial charge in [-0.3, -0.25) is 9.48 Å². The Morgan fingerprint density at radius 2 is 2.07 bits per heavy atom. The molecule has 0 N–H and O–H groups in total. The highest BCUT2D eigenvalue weighted by molar-refractivity contribution is 5.94. The van der Waals surface area contributed by atoms with Gasteiger partial charge in [-0.05, 0) is 52.6 Å². The van der Waals surface area contributed by atoms with Gasteiger partial charge in [-0.15, -0.1) is 0 Å². The Morgan fingerprint density at radius 1 is 1.25 bits per heavy atom. The van der Waals surface area contributed by atoms with Crippen molar-refractivity contribution < 1.29 is 4.79 Å². The fourth-order valence-electron chi connectivity index (χ4n) is 4.64. The smallest absolute Gasteiger partial charge is 0.274 e. The highest BCUT2D eigenvalue weighted by Crippen LogP contribution is 2.29. The van der Waals surface area contributed by atoms with Crippen molar-refractivity contribution in [1.82, 2.24) is 29.1 Å². The normalized spacial score (nSPS) is 19.9. The van der Waals surface area contributed by atoms with E-state index >= 15 is 0 Å². The molecule has 28 heavy (non-hydrogen) atoms. The number of rotatable bonds is 5. The van der Waals surface area contributed by atoms with Crippen LogP contribution < -0.4 is 0 Å². The number of hydrogen-bond acceptors (Lipinski definition) is 4. The predicted molar refractivity (Wildman–Crippen MR) is 109 cm³/mol. The molecule has 2 aliphatic rings. The van der Waals surface area contributed by atoms with Crippen LogP contribution in [-0.2, 0) is 26.4 Å². The number of piperidine rings is 1. The summed E-state index contributed by atoms with van der Waals surface area (Å²) >= 11 is 0. The van der Waals surface area contributed by atoms with Crippen LogP contribution in [-0.4, -0.2) is 68.8 Å². The molecule has 1 amide bonds. The van der Waals surface area contributed by atoms with Gasteiger partial charge >= 0.3 is 0 Å². The first-order valence-electron chi connectivity index (χ1n) is 10.5. The molecule has 1 fully saturated rings. The van der Waals surface area contributed by atoms with Crippen molar-refractivity contribution in [1.29, 1.82) is 0 Å². The van der Waals surface area contributed by atoms with E-state index in [2.05, 4.69) is 39.8 Å². The number of likely N-dealkylation sites (N-methyl/N-ethyl adjacent to an activating group) is 1. The molecule has 1 saturated heterocycles. The fraction of sp³-hybridized carbons (Fsp3) is 0.667. The van der Waals surface area contributed by atoms with Gasteiger partial charge in [0.1, 0.15) is 5.82 Å². The number of amides is 1. The molecule has 7 heteroatoms. The largest absolute Gasteiger partial charge is 0.337 e. The molecule has 3 heterocycles. The number of nitrogens with zero attached hydrogens (tertiary/aromatic N) is 6. The lowest BCUT2D eigenvalue weighted by molar-refractivity contribution is 0.0695. The molecule has 0 aromatic carbocycles. The topological polar surface area (TPSA) is 59.2 Å². The summed E-state index contributed by atoms with van der Waals surface area (Å²) in [5.41, 5.74) is 3.13. The van der Waals surface area contributed by atoms with E-state index in [1.165, 1.54) is 17.7 Å². The molecule has 1 aliphatic heterocycles. The Labute approximate surface area is 167 Å². The van der Waals surface area contributed by atoms with E-state index in [0.717, 1.165) is 64.1 Å². The average molecular weight is 385 g/mol. The van der Waals surface area contributed by atoms with Crippen molar-refractivity contribution in [2.75, 3.05) is 33.7 Å². The van der Waals surface area contributed by atoms with Gasteiger partial charge in [0.25, 0.3) is 5.91 Å². The maximum Gasteiger partial charge on any atom is 0.274 e. The van der Waals surface area contributed by atoms with Crippen molar-refractivity contribution in [2.45, 2.75) is 51.0 Å². The van der Waals surface area contributed by atoms with Crippen molar-refractivity contribution in [3.8, 4) is 0 Å². The van der Waals surface area contributed by atoms with E-state index in [-0.39, 0.29) is 5.91 Å². The van der Waals surface area contributed by atoms with Crippen LogP contribution in [0.4, 0.5) is 0 Å². The molecule has 2 aromatic heterocycles. The molecule has 0 bridgehead atoms. The summed E-state index contributed by atoms with van der Waals surface area (Å²) in [4.78, 5) is 22.2. The van der Waals surface area contributed by atoms with Gasteiger partial charge < -0.3 is 14.4 Å². The average Bonchev–Trinajstić information content (AvgIpc) is 3.31. The van der Waals surface area contributed by atoms with Crippen LogP contribution in [0.5, 0.6) is 0 Å². The van der Waals surface area contributed by atoms with Crippen molar-refractivity contribution in [3.63, 3.8) is 0 Å². The van der Waals surface area contributed by atoms with Crippen molar-refractivity contribution in [2.24, 2.45) is 7.05 Å². The van der Waals surface area contributed by atoms with Crippen LogP contribution in [0, 0.1) is 0 Å². The molecule has 0 spiro atoms. The van der Waals surface area contributed by atoms with Gasteiger partial charge in [0, 0.05) is 62.8 Å². The van der Waals surface area contributed by atoms with Gasteiger partial charge in [0.05, 0.1) is 0 Å². The maximum absolute atomic E-state index is 13.3. The lowest BCUT2D eigenvalue weighted by atomic mass is 9.94. The quantitative estimate of drug-likeness (QED) is 0.792. The highest BCUT2D eigenvalue weighted by Gasteiger charge is 2.32. The minimum Gasteiger partial charge on any atom is -0.337 e. The summed E-state index contributed by atoms with van der Waals surface area (Å²) < 4.78 is 4.18. The summed E-state index contributed by atoms with van der Waals surface area (Å²) in [5, 5.41) is 4.62. The summed E-state index contributed by atoms with van der Waals surface area (Å²) in [6, 6.07) is 0. The third kappa shape index (κ3) is 3.72. The first-order valence-corrected chi connectivity index (χ1v) is 10.5. The molecular formula is C21H32N6O. The molecule has 0 unspecified atom stereocenters. The Bertz CT molecular complexity index is 836. The van der Waals surface area contributed by atoms with Crippen LogP contribution >= 0.6 is 0 Å². The van der Waals surface area contributed by atoms with E-state index in [9.17, 15) is 4.79 Å². The lowest BCUT2D eigenvalue weighted by Gasteiger charge is -2.32. The Balaban J connectivity index is 1.50. The van der Waals surface area contributed by atoms with Crippen LogP contribution in [0.2, 0.25) is 0 Å². The van der Waals surface area contributed by atoms with Gasteiger partial charge in [-0.2, -0.15) is 5.10 Å². The highest BCUT2D eigenvalue weighted by atomic mass is 16.2. The lowest BCUT2D eigenvalue weighted by Crippen LogP contribution is -2.40. The summed E-state index contributed by atoms with van der Waals surface area (Å²) in [6.07, 6.45) is 10.4. The number of carbonyl (C=O) groups is 1. The van der Waals surface area contributed by atoms with Crippen molar-refractivity contribution in [3.05, 3.63) is 35.2 Å². The number of imidazole rings is 1. The second-order valence-corrected chi connectivity index (χ2v) is 8.48. The van der Waals surface area contributed by atoms with Gasteiger partial charge in [-0.1, -0.05) is 0 Å². The molecule has 4 rings (SSSR count). The zero-order valence-corrected chi connectivity index (χ0v) is 17.4. The summed E-state index contributed by atoms with van der Waals surface area (Å²) in [7, 11) is 6.15. The monoisotopic (exact) mass is 384 g/mol. The van der Waals surface area contributed by atoms with Crippen LogP contribution in [0.3, 0.4) is 0 Å². The molecule has 1 aliphatic carbocycles. The number of carbonyl (C=O) groups excluding carboxylic acids is 1. The first kappa shape index (κ1) is 19.2. The standard InChI is InChI=1S/C21H32N6O/c1-24(2)13-14-26-12-10-22-20(26)16-7-6-11-27(15-16)21(28)19-17-8-4-5-9-18(17)25(3)23-19/h10,12,16H,4-9,11,13-15H2,1-3H3/t16-/m0/s1. The second kappa shape index (κ2) is 8.07. The van der Waals surface area contributed by atoms with E-state index in [1.807, 2.05) is 22.8 Å². The van der Waals surface area contributed by atoms with Gasteiger partial charge in [0.15, 0.2) is 5.69 Å².